The van der Waals surface area contributed by atoms with E-state index in [9.17, 15) is 15.2 Å². The minimum atomic E-state index is -0.540. The van der Waals surface area contributed by atoms with E-state index in [0.29, 0.717) is 5.16 Å². The van der Waals surface area contributed by atoms with Crippen molar-refractivity contribution in [3.63, 3.8) is 0 Å². The molecule has 5 nitrogen and oxygen atoms in total. The molecule has 2 aromatic rings. The molecular formula is C15H14ClN3O2S. The zero-order valence-corrected chi connectivity index (χ0v) is 13.8. The van der Waals surface area contributed by atoms with Crippen molar-refractivity contribution in [2.75, 3.05) is 6.26 Å². The smallest absolute Gasteiger partial charge is 0.270 e. The molecule has 1 heterocycles. The number of nitriles is 1. The van der Waals surface area contributed by atoms with Gasteiger partial charge in [-0.3, -0.25) is 4.79 Å². The number of aromatic amines is 1. The van der Waals surface area contributed by atoms with Gasteiger partial charge < -0.3 is 10.1 Å². The average Bonchev–Trinajstić information content (AvgIpc) is 2.48. The van der Waals surface area contributed by atoms with Gasteiger partial charge in [-0.25, -0.2) is 4.98 Å². The normalized spacial score (nSPS) is 10.7. The third-order valence-corrected chi connectivity index (χ3v) is 4.08. The highest BCUT2D eigenvalue weighted by Gasteiger charge is 2.19. The molecule has 0 amide bonds. The summed E-state index contributed by atoms with van der Waals surface area (Å²) in [7, 11) is 0. The van der Waals surface area contributed by atoms with E-state index >= 15 is 0 Å². The van der Waals surface area contributed by atoms with E-state index in [1.165, 1.54) is 11.8 Å². The van der Waals surface area contributed by atoms with Crippen molar-refractivity contribution in [2.45, 2.75) is 24.9 Å². The molecule has 0 saturated carbocycles. The number of nitrogens with one attached hydrogen (secondary N) is 1. The van der Waals surface area contributed by atoms with Crippen LogP contribution in [-0.4, -0.2) is 21.3 Å². The van der Waals surface area contributed by atoms with Gasteiger partial charge in [0.2, 0.25) is 0 Å². The highest BCUT2D eigenvalue weighted by Crippen LogP contribution is 2.38. The monoisotopic (exact) mass is 335 g/mol. The number of rotatable bonds is 3. The molecule has 22 heavy (non-hydrogen) atoms. The van der Waals surface area contributed by atoms with Gasteiger partial charge in [-0.05, 0) is 29.9 Å². The predicted octanol–water partition coefficient (Wildman–Crippen LogP) is 3.51. The van der Waals surface area contributed by atoms with Crippen LogP contribution >= 0.6 is 23.4 Å². The van der Waals surface area contributed by atoms with Gasteiger partial charge in [-0.2, -0.15) is 5.26 Å². The van der Waals surface area contributed by atoms with Crippen LogP contribution in [0.25, 0.3) is 11.3 Å². The van der Waals surface area contributed by atoms with E-state index in [2.05, 4.69) is 9.97 Å². The molecule has 0 fully saturated rings. The maximum absolute atomic E-state index is 12.0. The third kappa shape index (κ3) is 2.96. The van der Waals surface area contributed by atoms with Crippen LogP contribution in [0.2, 0.25) is 5.02 Å². The van der Waals surface area contributed by atoms with Crippen LogP contribution < -0.4 is 5.56 Å². The number of phenolic OH excluding ortho intramolecular Hbond substituents is 1. The fourth-order valence-corrected chi connectivity index (χ4v) is 2.59. The number of H-pyrrole nitrogens is 1. The minimum Gasteiger partial charge on any atom is -0.506 e. The van der Waals surface area contributed by atoms with Crippen LogP contribution in [0, 0.1) is 11.3 Å². The Morgan fingerprint density at radius 2 is 2.14 bits per heavy atom. The largest absolute Gasteiger partial charge is 0.506 e. The predicted molar refractivity (Wildman–Crippen MR) is 87.6 cm³/mol. The zero-order chi connectivity index (χ0) is 16.4. The summed E-state index contributed by atoms with van der Waals surface area (Å²) < 4.78 is 0. The van der Waals surface area contributed by atoms with E-state index in [-0.39, 0.29) is 33.5 Å². The minimum absolute atomic E-state index is 0.137. The van der Waals surface area contributed by atoms with Gasteiger partial charge >= 0.3 is 0 Å². The second-order valence-corrected chi connectivity index (χ2v) is 6.17. The van der Waals surface area contributed by atoms with Crippen molar-refractivity contribution in [2.24, 2.45) is 0 Å². The summed E-state index contributed by atoms with van der Waals surface area (Å²) in [6.07, 6.45) is 1.76. The summed E-state index contributed by atoms with van der Waals surface area (Å²) in [5, 5.41) is 20.0. The standard InChI is InChI=1S/C15H14ClN3O2S/c1-7(2)8-4-9(13(20)11(16)5-8)12-10(6-17)14(21)19-15(18-12)22-3/h4-5,7,20H,1-3H3,(H,18,19,21). The molecule has 1 aromatic carbocycles. The van der Waals surface area contributed by atoms with E-state index in [0.717, 1.165) is 5.56 Å². The van der Waals surface area contributed by atoms with Gasteiger partial charge in [-0.15, -0.1) is 0 Å². The van der Waals surface area contributed by atoms with Crippen molar-refractivity contribution in [3.05, 3.63) is 38.6 Å². The molecule has 0 aliphatic heterocycles. The van der Waals surface area contributed by atoms with Crippen molar-refractivity contribution >= 4 is 23.4 Å². The molecule has 0 aliphatic carbocycles. The Balaban J connectivity index is 2.84. The Bertz CT molecular complexity index is 825. The zero-order valence-electron chi connectivity index (χ0n) is 12.3. The molecule has 1 aromatic heterocycles. The first-order valence-electron chi connectivity index (χ1n) is 6.50. The first kappa shape index (κ1) is 16.4. The van der Waals surface area contributed by atoms with E-state index in [1.807, 2.05) is 19.9 Å². The molecule has 0 aliphatic rings. The molecule has 0 unspecified atom stereocenters. The van der Waals surface area contributed by atoms with Crippen molar-refractivity contribution in [1.29, 1.82) is 5.26 Å². The molecule has 0 radical (unpaired) electrons. The highest BCUT2D eigenvalue weighted by atomic mass is 35.5. The number of halogens is 1. The van der Waals surface area contributed by atoms with Crippen LogP contribution in [0.4, 0.5) is 0 Å². The number of aromatic hydroxyl groups is 1. The third-order valence-electron chi connectivity index (χ3n) is 3.21. The molecular weight excluding hydrogens is 322 g/mol. The molecule has 7 heteroatoms. The fraction of sp³-hybridized carbons (Fsp3) is 0.267. The quantitative estimate of drug-likeness (QED) is 0.661. The second-order valence-electron chi connectivity index (χ2n) is 4.96. The number of aromatic nitrogens is 2. The van der Waals surface area contributed by atoms with Gasteiger partial charge in [0.25, 0.3) is 5.56 Å². The van der Waals surface area contributed by atoms with Crippen LogP contribution in [0.5, 0.6) is 5.75 Å². The Hall–Kier alpha value is -1.97. The summed E-state index contributed by atoms with van der Waals surface area (Å²) in [6, 6.07) is 5.21. The van der Waals surface area contributed by atoms with Crippen LogP contribution in [0.3, 0.4) is 0 Å². The van der Waals surface area contributed by atoms with Crippen molar-refractivity contribution in [1.82, 2.24) is 9.97 Å². The van der Waals surface area contributed by atoms with E-state index < -0.39 is 5.56 Å². The van der Waals surface area contributed by atoms with Crippen molar-refractivity contribution < 1.29 is 5.11 Å². The second kappa shape index (κ2) is 6.42. The number of nitrogens with zero attached hydrogens (tertiary/aromatic N) is 2. The van der Waals surface area contributed by atoms with Gasteiger partial charge in [-0.1, -0.05) is 37.2 Å². The van der Waals surface area contributed by atoms with Gasteiger partial charge in [0.1, 0.15) is 23.1 Å². The molecule has 0 saturated heterocycles. The average molecular weight is 336 g/mol. The van der Waals surface area contributed by atoms with Gasteiger partial charge in [0, 0.05) is 5.56 Å². The van der Waals surface area contributed by atoms with Gasteiger partial charge in [0.05, 0.1) is 5.02 Å². The number of hydrogen-bond donors (Lipinski definition) is 2. The van der Waals surface area contributed by atoms with Crippen molar-refractivity contribution in [3.8, 4) is 23.1 Å². The summed E-state index contributed by atoms with van der Waals surface area (Å²) in [5.74, 6) is -0.0166. The lowest BCUT2D eigenvalue weighted by atomic mass is 9.97. The summed E-state index contributed by atoms with van der Waals surface area (Å²) >= 11 is 7.31. The molecule has 114 valence electrons. The Labute approximate surface area is 137 Å². The Kier molecular flexibility index (Phi) is 4.79. The van der Waals surface area contributed by atoms with Crippen LogP contribution in [0.15, 0.2) is 22.1 Å². The van der Waals surface area contributed by atoms with E-state index in [4.69, 9.17) is 11.6 Å². The summed E-state index contributed by atoms with van der Waals surface area (Å²) in [6.45, 7) is 3.96. The maximum Gasteiger partial charge on any atom is 0.270 e. The number of hydrogen-bond acceptors (Lipinski definition) is 5. The van der Waals surface area contributed by atoms with Gasteiger partial charge in [0.15, 0.2) is 5.16 Å². The summed E-state index contributed by atoms with van der Waals surface area (Å²) in [5.41, 5.74) is 0.619. The lowest BCUT2D eigenvalue weighted by Crippen LogP contribution is -2.14. The number of phenols is 1. The van der Waals surface area contributed by atoms with Crippen LogP contribution in [0.1, 0.15) is 30.9 Å². The molecule has 0 spiro atoms. The maximum atomic E-state index is 12.0. The van der Waals surface area contributed by atoms with Crippen LogP contribution in [-0.2, 0) is 0 Å². The first-order chi connectivity index (χ1) is 10.4. The molecule has 2 rings (SSSR count). The lowest BCUT2D eigenvalue weighted by molar-refractivity contribution is 0.477. The molecule has 2 N–H and O–H groups in total. The molecule has 0 atom stereocenters. The highest BCUT2D eigenvalue weighted by molar-refractivity contribution is 7.98. The SMILES string of the molecule is CSc1nc(-c2cc(C(C)C)cc(Cl)c2O)c(C#N)c(=O)[nH]1. The first-order valence-corrected chi connectivity index (χ1v) is 8.10. The number of thioether (sulfide) groups is 1. The molecule has 0 bridgehead atoms. The topological polar surface area (TPSA) is 89.8 Å². The van der Waals surface area contributed by atoms with E-state index in [1.54, 1.807) is 18.4 Å². The number of benzene rings is 1. The summed E-state index contributed by atoms with van der Waals surface area (Å²) in [4.78, 5) is 18.8. The fourth-order valence-electron chi connectivity index (χ4n) is 1.98. The Morgan fingerprint density at radius 1 is 1.45 bits per heavy atom. The Morgan fingerprint density at radius 3 is 2.68 bits per heavy atom. The lowest BCUT2D eigenvalue weighted by Gasteiger charge is -2.13.